The largest absolute Gasteiger partial charge is 0.365 e. The Morgan fingerprint density at radius 3 is 2.67 bits per heavy atom. The molecule has 8 heteroatoms. The third-order valence-electron chi connectivity index (χ3n) is 5.60. The first-order valence-corrected chi connectivity index (χ1v) is 10.1. The quantitative estimate of drug-likeness (QED) is 0.497. The van der Waals surface area contributed by atoms with Crippen LogP contribution in [0.25, 0.3) is 10.9 Å². The molecule has 2 heterocycles. The minimum Gasteiger partial charge on any atom is -0.365 e. The number of benzene rings is 1. The lowest BCUT2D eigenvalue weighted by atomic mass is 9.90. The van der Waals surface area contributed by atoms with Gasteiger partial charge < -0.3 is 21.7 Å². The molecule has 1 aliphatic carbocycles. The van der Waals surface area contributed by atoms with E-state index in [1.54, 1.807) is 12.3 Å². The van der Waals surface area contributed by atoms with Crippen molar-refractivity contribution in [2.45, 2.75) is 37.8 Å². The molecule has 1 amide bonds. The minimum atomic E-state index is -0.750. The van der Waals surface area contributed by atoms with Crippen LogP contribution in [0.3, 0.4) is 0 Å². The molecule has 5 N–H and O–H groups in total. The van der Waals surface area contributed by atoms with Crippen molar-refractivity contribution in [1.29, 1.82) is 0 Å². The van der Waals surface area contributed by atoms with Gasteiger partial charge in [0.25, 0.3) is 5.91 Å². The number of nitrogens with zero attached hydrogens (tertiary/aromatic N) is 2. The summed E-state index contributed by atoms with van der Waals surface area (Å²) in [7, 11) is 1.91. The number of hydrogen-bond donors (Lipinski definition) is 4. The first-order chi connectivity index (χ1) is 14.6. The number of amides is 1. The molecule has 1 saturated carbocycles. The summed E-state index contributed by atoms with van der Waals surface area (Å²) >= 11 is 0. The van der Waals surface area contributed by atoms with E-state index in [2.05, 4.69) is 25.9 Å². The molecule has 2 unspecified atom stereocenters. The fourth-order valence-corrected chi connectivity index (χ4v) is 4.03. The Labute approximate surface area is 174 Å². The number of aromatic nitrogens is 2. The van der Waals surface area contributed by atoms with Crippen LogP contribution in [0.5, 0.6) is 0 Å². The third kappa shape index (κ3) is 4.04. The molecule has 0 aliphatic heterocycles. The lowest BCUT2D eigenvalue weighted by molar-refractivity contribution is 0.100. The SMILES string of the molecule is CNC1CCCCC1Nc1nc(Nc2ccnc3ccccc23)c(C(N)=O)cc1F. The van der Waals surface area contributed by atoms with Crippen molar-refractivity contribution in [2.24, 2.45) is 5.73 Å². The number of hydrogen-bond acceptors (Lipinski definition) is 6. The maximum absolute atomic E-state index is 14.8. The maximum atomic E-state index is 14.8. The first-order valence-electron chi connectivity index (χ1n) is 10.1. The third-order valence-corrected chi connectivity index (χ3v) is 5.60. The van der Waals surface area contributed by atoms with Gasteiger partial charge in [0.15, 0.2) is 11.6 Å². The Hall–Kier alpha value is -3.26. The Morgan fingerprint density at radius 2 is 1.90 bits per heavy atom. The van der Waals surface area contributed by atoms with Gasteiger partial charge in [-0.15, -0.1) is 0 Å². The number of pyridine rings is 2. The highest BCUT2D eigenvalue weighted by Gasteiger charge is 2.26. The van der Waals surface area contributed by atoms with Crippen molar-refractivity contribution in [3.63, 3.8) is 0 Å². The molecule has 0 spiro atoms. The highest BCUT2D eigenvalue weighted by molar-refractivity contribution is 6.00. The van der Waals surface area contributed by atoms with E-state index in [0.717, 1.165) is 42.7 Å². The van der Waals surface area contributed by atoms with Crippen molar-refractivity contribution in [3.05, 3.63) is 54.0 Å². The van der Waals surface area contributed by atoms with Crippen molar-refractivity contribution in [1.82, 2.24) is 15.3 Å². The lowest BCUT2D eigenvalue weighted by Gasteiger charge is -2.32. The number of carbonyl (C=O) groups excluding carboxylic acids is 1. The molecule has 2 aromatic heterocycles. The molecule has 1 aliphatic rings. The summed E-state index contributed by atoms with van der Waals surface area (Å²) in [5, 5.41) is 10.5. The van der Waals surface area contributed by atoms with Crippen LogP contribution in [-0.4, -0.2) is 35.0 Å². The number of nitrogens with one attached hydrogen (secondary N) is 3. The van der Waals surface area contributed by atoms with Crippen LogP contribution >= 0.6 is 0 Å². The number of anilines is 3. The number of rotatable bonds is 6. The number of primary amides is 1. The van der Waals surface area contributed by atoms with Crippen LogP contribution in [-0.2, 0) is 0 Å². The van der Waals surface area contributed by atoms with Gasteiger partial charge >= 0.3 is 0 Å². The van der Waals surface area contributed by atoms with Crippen molar-refractivity contribution >= 4 is 34.1 Å². The standard InChI is InChI=1S/C22H25FN6O/c1-25-18-8-4-5-9-19(18)28-22-15(23)12-14(20(24)30)21(29-22)27-17-10-11-26-16-7-3-2-6-13(16)17/h2-3,6-7,10-12,18-19,25H,4-5,8-9H2,1H3,(H2,24,30)(H2,26,27,28,29). The second kappa shape index (κ2) is 8.62. The number of para-hydroxylation sites is 1. The van der Waals surface area contributed by atoms with Crippen LogP contribution in [0.15, 0.2) is 42.6 Å². The first kappa shape index (κ1) is 20.0. The predicted octanol–water partition coefficient (Wildman–Crippen LogP) is 3.55. The highest BCUT2D eigenvalue weighted by Crippen LogP contribution is 2.29. The van der Waals surface area contributed by atoms with E-state index in [0.29, 0.717) is 5.69 Å². The zero-order valence-corrected chi connectivity index (χ0v) is 16.8. The van der Waals surface area contributed by atoms with Crippen LogP contribution < -0.4 is 21.7 Å². The minimum absolute atomic E-state index is 0.00671. The van der Waals surface area contributed by atoms with Crippen LogP contribution in [0.1, 0.15) is 36.0 Å². The van der Waals surface area contributed by atoms with Crippen molar-refractivity contribution in [3.8, 4) is 0 Å². The van der Waals surface area contributed by atoms with Gasteiger partial charge in [-0.05, 0) is 38.1 Å². The average Bonchev–Trinajstić information content (AvgIpc) is 2.76. The Kier molecular flexibility index (Phi) is 5.76. The molecule has 0 bridgehead atoms. The number of fused-ring (bicyclic) bond motifs is 1. The Bertz CT molecular complexity index is 1070. The summed E-state index contributed by atoms with van der Waals surface area (Å²) in [6, 6.07) is 10.8. The molecule has 156 valence electrons. The summed E-state index contributed by atoms with van der Waals surface area (Å²) in [6.07, 6.45) is 5.81. The van der Waals surface area contributed by atoms with Crippen molar-refractivity contribution < 1.29 is 9.18 Å². The van der Waals surface area contributed by atoms with E-state index in [1.807, 2.05) is 31.3 Å². The van der Waals surface area contributed by atoms with Gasteiger partial charge in [-0.25, -0.2) is 9.37 Å². The molecular formula is C22H25FN6O. The van der Waals surface area contributed by atoms with Gasteiger partial charge in [-0.2, -0.15) is 0 Å². The van der Waals surface area contributed by atoms with Gasteiger partial charge in [-0.1, -0.05) is 31.0 Å². The predicted molar refractivity (Wildman–Crippen MR) is 116 cm³/mol. The lowest BCUT2D eigenvalue weighted by Crippen LogP contribution is -2.45. The summed E-state index contributed by atoms with van der Waals surface area (Å²) in [6.45, 7) is 0. The molecule has 3 aromatic rings. The smallest absolute Gasteiger partial charge is 0.252 e. The number of likely N-dealkylation sites (N-methyl/N-ethyl adjacent to an activating group) is 1. The van der Waals surface area contributed by atoms with E-state index < -0.39 is 11.7 Å². The van der Waals surface area contributed by atoms with E-state index in [4.69, 9.17) is 5.73 Å². The van der Waals surface area contributed by atoms with Gasteiger partial charge in [0.1, 0.15) is 5.82 Å². The molecule has 1 aromatic carbocycles. The van der Waals surface area contributed by atoms with Crippen LogP contribution in [0.4, 0.5) is 21.7 Å². The zero-order valence-electron chi connectivity index (χ0n) is 16.8. The second-order valence-electron chi connectivity index (χ2n) is 7.51. The average molecular weight is 408 g/mol. The molecular weight excluding hydrogens is 383 g/mol. The van der Waals surface area contributed by atoms with E-state index >= 15 is 0 Å². The highest BCUT2D eigenvalue weighted by atomic mass is 19.1. The molecule has 0 radical (unpaired) electrons. The summed E-state index contributed by atoms with van der Waals surface area (Å²) in [4.78, 5) is 20.7. The van der Waals surface area contributed by atoms with Crippen molar-refractivity contribution in [2.75, 3.05) is 17.7 Å². The molecule has 7 nitrogen and oxygen atoms in total. The number of carbonyl (C=O) groups is 1. The summed E-state index contributed by atoms with van der Waals surface area (Å²) in [5.41, 5.74) is 6.99. The normalized spacial score (nSPS) is 18.9. The van der Waals surface area contributed by atoms with E-state index in [9.17, 15) is 9.18 Å². The summed E-state index contributed by atoms with van der Waals surface area (Å²) < 4.78 is 14.8. The fourth-order valence-electron chi connectivity index (χ4n) is 4.03. The van der Waals surface area contributed by atoms with Crippen LogP contribution in [0.2, 0.25) is 0 Å². The summed E-state index contributed by atoms with van der Waals surface area (Å²) in [5.74, 6) is -1.04. The molecule has 1 fully saturated rings. The zero-order chi connectivity index (χ0) is 21.1. The Balaban J connectivity index is 1.71. The topological polar surface area (TPSA) is 105 Å². The van der Waals surface area contributed by atoms with Gasteiger partial charge in [0.2, 0.25) is 0 Å². The number of nitrogens with two attached hydrogens (primary N) is 1. The van der Waals surface area contributed by atoms with Gasteiger partial charge in [0.05, 0.1) is 16.8 Å². The Morgan fingerprint density at radius 1 is 1.13 bits per heavy atom. The van der Waals surface area contributed by atoms with Gasteiger partial charge in [-0.3, -0.25) is 9.78 Å². The van der Waals surface area contributed by atoms with Crippen LogP contribution in [0, 0.1) is 5.82 Å². The fraction of sp³-hybridized carbons (Fsp3) is 0.318. The van der Waals surface area contributed by atoms with Gasteiger partial charge in [0, 0.05) is 23.7 Å². The maximum Gasteiger partial charge on any atom is 0.252 e. The van der Waals surface area contributed by atoms with E-state index in [1.165, 1.54) is 0 Å². The number of halogens is 1. The molecule has 4 rings (SSSR count). The molecule has 30 heavy (non-hydrogen) atoms. The molecule has 2 atom stereocenters. The molecule has 0 saturated heterocycles. The van der Waals surface area contributed by atoms with E-state index in [-0.39, 0.29) is 29.3 Å². The second-order valence-corrected chi connectivity index (χ2v) is 7.51. The monoisotopic (exact) mass is 408 g/mol.